The molecule has 0 aliphatic carbocycles. The number of anilines is 2. The van der Waals surface area contributed by atoms with Gasteiger partial charge >= 0.3 is 0 Å². The van der Waals surface area contributed by atoms with Crippen LogP contribution in [0.2, 0.25) is 0 Å². The maximum absolute atomic E-state index is 3.69. The highest BCUT2D eigenvalue weighted by atomic mass is 79.9. The Morgan fingerprint density at radius 2 is 1.08 bits per heavy atom. The first-order valence-corrected chi connectivity index (χ1v) is 12.9. The second-order valence-electron chi connectivity index (χ2n) is 8.83. The van der Waals surface area contributed by atoms with E-state index in [-0.39, 0.29) is 0 Å². The molecule has 0 saturated heterocycles. The van der Waals surface area contributed by atoms with Crippen molar-refractivity contribution in [2.45, 2.75) is 0 Å². The van der Waals surface area contributed by atoms with Crippen LogP contribution in [0, 0.1) is 0 Å². The summed E-state index contributed by atoms with van der Waals surface area (Å²) in [5.74, 6) is 0. The summed E-state index contributed by atoms with van der Waals surface area (Å²) in [7, 11) is 0. The number of rotatable bonds is 5. The quantitative estimate of drug-likeness (QED) is 0.236. The molecule has 172 valence electrons. The minimum Gasteiger partial charge on any atom is -0.355 e. The van der Waals surface area contributed by atoms with Gasteiger partial charge in [-0.25, -0.2) is 0 Å². The smallest absolute Gasteiger partial charge is 0.0464 e. The van der Waals surface area contributed by atoms with Gasteiger partial charge in [0.1, 0.15) is 0 Å². The summed E-state index contributed by atoms with van der Waals surface area (Å²) < 4.78 is 1.05. The molecule has 0 bridgehead atoms. The van der Waals surface area contributed by atoms with E-state index in [1.165, 1.54) is 38.6 Å². The summed E-state index contributed by atoms with van der Waals surface area (Å²) in [6.45, 7) is 0. The van der Waals surface area contributed by atoms with Crippen molar-refractivity contribution in [3.8, 4) is 33.4 Å². The Balaban J connectivity index is 1.37. The fraction of sp³-hybridized carbons (Fsp3) is 0. The minimum atomic E-state index is 1.05. The number of halogens is 1. The highest BCUT2D eigenvalue weighted by Crippen LogP contribution is 2.39. The summed E-state index contributed by atoms with van der Waals surface area (Å²) in [6.07, 6.45) is 0. The molecule has 0 aromatic heterocycles. The van der Waals surface area contributed by atoms with Gasteiger partial charge < -0.3 is 5.32 Å². The molecule has 0 radical (unpaired) electrons. The minimum absolute atomic E-state index is 1.05. The lowest BCUT2D eigenvalue weighted by Gasteiger charge is -2.17. The van der Waals surface area contributed by atoms with Crippen LogP contribution in [0.3, 0.4) is 0 Å². The average Bonchev–Trinajstić information content (AvgIpc) is 2.95. The van der Waals surface area contributed by atoms with Crippen LogP contribution in [0.4, 0.5) is 11.4 Å². The maximum Gasteiger partial charge on any atom is 0.0464 e. The molecule has 0 atom stereocenters. The van der Waals surface area contributed by atoms with Gasteiger partial charge in [-0.15, -0.1) is 0 Å². The van der Waals surface area contributed by atoms with Crippen molar-refractivity contribution >= 4 is 38.1 Å². The van der Waals surface area contributed by atoms with Gasteiger partial charge in [-0.3, -0.25) is 0 Å². The Morgan fingerprint density at radius 1 is 0.444 bits per heavy atom. The molecule has 36 heavy (non-hydrogen) atoms. The Hall–Kier alpha value is -4.14. The van der Waals surface area contributed by atoms with Crippen molar-refractivity contribution in [3.63, 3.8) is 0 Å². The van der Waals surface area contributed by atoms with Gasteiger partial charge in [-0.05, 0) is 68.9 Å². The Labute approximate surface area is 220 Å². The second kappa shape index (κ2) is 9.85. The van der Waals surface area contributed by atoms with Crippen LogP contribution in [-0.4, -0.2) is 0 Å². The van der Waals surface area contributed by atoms with Crippen molar-refractivity contribution < 1.29 is 0 Å². The molecule has 0 amide bonds. The molecule has 0 fully saturated rings. The topological polar surface area (TPSA) is 12.0 Å². The largest absolute Gasteiger partial charge is 0.355 e. The van der Waals surface area contributed by atoms with E-state index in [1.807, 2.05) is 0 Å². The SMILES string of the molecule is Brc1ccc(Nc2ccc(-c3cccc4ccccc34)cc2)c(-c2ccccc2-c2ccccc2)c1. The molecule has 0 saturated carbocycles. The number of nitrogens with one attached hydrogen (secondary N) is 1. The predicted octanol–water partition coefficient (Wildman–Crippen LogP) is 10.3. The van der Waals surface area contributed by atoms with Crippen LogP contribution in [0.5, 0.6) is 0 Å². The zero-order valence-corrected chi connectivity index (χ0v) is 21.2. The molecule has 2 heteroatoms. The highest BCUT2D eigenvalue weighted by molar-refractivity contribution is 9.10. The van der Waals surface area contributed by atoms with Crippen LogP contribution >= 0.6 is 15.9 Å². The summed E-state index contributed by atoms with van der Waals surface area (Å²) in [4.78, 5) is 0. The van der Waals surface area contributed by atoms with Crippen LogP contribution in [0.1, 0.15) is 0 Å². The standard InChI is InChI=1S/C34H24BrN/c35-27-19-22-34(33(23-27)32-15-7-6-14-31(32)24-9-2-1-3-10-24)36-28-20-17-26(18-21-28)30-16-8-12-25-11-4-5-13-29(25)30/h1-23,36H. The fourth-order valence-corrected chi connectivity index (χ4v) is 5.16. The molecule has 6 rings (SSSR count). The van der Waals surface area contributed by atoms with E-state index < -0.39 is 0 Å². The summed E-state index contributed by atoms with van der Waals surface area (Å²) in [6, 6.07) is 49.3. The normalized spacial score (nSPS) is 10.9. The van der Waals surface area contributed by atoms with E-state index in [0.29, 0.717) is 0 Å². The Kier molecular flexibility index (Phi) is 6.11. The first-order valence-electron chi connectivity index (χ1n) is 12.1. The van der Waals surface area contributed by atoms with Crippen LogP contribution in [0.25, 0.3) is 44.2 Å². The van der Waals surface area contributed by atoms with Crippen molar-refractivity contribution in [3.05, 3.63) is 144 Å². The molecular weight excluding hydrogens is 502 g/mol. The van der Waals surface area contributed by atoms with E-state index in [1.54, 1.807) is 0 Å². The third-order valence-corrected chi connectivity index (χ3v) is 7.04. The lowest BCUT2D eigenvalue weighted by Crippen LogP contribution is -1.95. The van der Waals surface area contributed by atoms with Crippen LogP contribution in [-0.2, 0) is 0 Å². The van der Waals surface area contributed by atoms with Gasteiger partial charge in [0, 0.05) is 21.4 Å². The average molecular weight is 526 g/mol. The zero-order chi connectivity index (χ0) is 24.3. The lowest BCUT2D eigenvalue weighted by molar-refractivity contribution is 1.51. The van der Waals surface area contributed by atoms with E-state index in [0.717, 1.165) is 21.4 Å². The molecule has 0 heterocycles. The van der Waals surface area contributed by atoms with Crippen molar-refractivity contribution in [2.24, 2.45) is 0 Å². The van der Waals surface area contributed by atoms with Crippen molar-refractivity contribution in [2.75, 3.05) is 5.32 Å². The van der Waals surface area contributed by atoms with Gasteiger partial charge in [0.25, 0.3) is 0 Å². The molecule has 0 aliphatic rings. The van der Waals surface area contributed by atoms with Crippen LogP contribution < -0.4 is 5.32 Å². The van der Waals surface area contributed by atoms with Gasteiger partial charge in [0.2, 0.25) is 0 Å². The van der Waals surface area contributed by atoms with Gasteiger partial charge in [0.05, 0.1) is 0 Å². The molecular formula is C34H24BrN. The second-order valence-corrected chi connectivity index (χ2v) is 9.75. The van der Waals surface area contributed by atoms with Gasteiger partial charge in [0.15, 0.2) is 0 Å². The fourth-order valence-electron chi connectivity index (χ4n) is 4.80. The first kappa shape index (κ1) is 22.3. The zero-order valence-electron chi connectivity index (χ0n) is 19.7. The number of benzene rings is 6. The molecule has 0 unspecified atom stereocenters. The third kappa shape index (κ3) is 4.44. The first-order chi connectivity index (χ1) is 17.8. The van der Waals surface area contributed by atoms with Gasteiger partial charge in [-0.1, -0.05) is 125 Å². The van der Waals surface area contributed by atoms with E-state index in [2.05, 4.69) is 161 Å². The predicted molar refractivity (Wildman–Crippen MR) is 158 cm³/mol. The maximum atomic E-state index is 3.69. The Bertz CT molecular complexity index is 1650. The Morgan fingerprint density at radius 3 is 1.92 bits per heavy atom. The summed E-state index contributed by atoms with van der Waals surface area (Å²) >= 11 is 3.69. The molecule has 6 aromatic carbocycles. The van der Waals surface area contributed by atoms with E-state index in [4.69, 9.17) is 0 Å². The lowest BCUT2D eigenvalue weighted by atomic mass is 9.93. The van der Waals surface area contributed by atoms with Crippen molar-refractivity contribution in [1.82, 2.24) is 0 Å². The molecule has 0 spiro atoms. The molecule has 6 aromatic rings. The third-order valence-electron chi connectivity index (χ3n) is 6.55. The summed E-state index contributed by atoms with van der Waals surface area (Å²) in [5.41, 5.74) is 9.36. The van der Waals surface area contributed by atoms with Gasteiger partial charge in [-0.2, -0.15) is 0 Å². The van der Waals surface area contributed by atoms with E-state index in [9.17, 15) is 0 Å². The van der Waals surface area contributed by atoms with E-state index >= 15 is 0 Å². The molecule has 1 nitrogen and oxygen atoms in total. The highest BCUT2D eigenvalue weighted by Gasteiger charge is 2.12. The molecule has 1 N–H and O–H groups in total. The number of hydrogen-bond acceptors (Lipinski definition) is 1. The summed E-state index contributed by atoms with van der Waals surface area (Å²) in [5, 5.41) is 6.20. The van der Waals surface area contributed by atoms with Crippen LogP contribution in [0.15, 0.2) is 144 Å². The van der Waals surface area contributed by atoms with Crippen molar-refractivity contribution in [1.29, 1.82) is 0 Å². The number of fused-ring (bicyclic) bond motifs is 1. The number of hydrogen-bond donors (Lipinski definition) is 1. The molecule has 0 aliphatic heterocycles. The monoisotopic (exact) mass is 525 g/mol.